The lowest BCUT2D eigenvalue weighted by atomic mass is 9.97. The van der Waals surface area contributed by atoms with Crippen molar-refractivity contribution in [2.45, 2.75) is 44.9 Å². The maximum absolute atomic E-state index is 12.9. The lowest BCUT2D eigenvalue weighted by molar-refractivity contribution is -0.131. The number of hydrogen-bond donors (Lipinski definition) is 0. The number of likely N-dealkylation sites (tertiary alicyclic amines) is 1. The highest BCUT2D eigenvalue weighted by Crippen LogP contribution is 2.29. The molecule has 2 aromatic carbocycles. The Morgan fingerprint density at radius 2 is 1.97 bits per heavy atom. The van der Waals surface area contributed by atoms with Crippen LogP contribution in [-0.4, -0.2) is 41.1 Å². The Kier molecular flexibility index (Phi) is 6.35. The number of amides is 1. The smallest absolute Gasteiger partial charge is 0.231 e. The van der Waals surface area contributed by atoms with Gasteiger partial charge < -0.3 is 14.2 Å². The van der Waals surface area contributed by atoms with Crippen LogP contribution in [0.15, 0.2) is 53.1 Å². The van der Waals surface area contributed by atoms with Gasteiger partial charge in [-0.1, -0.05) is 61.5 Å². The van der Waals surface area contributed by atoms with E-state index < -0.39 is 0 Å². The first-order valence-corrected chi connectivity index (χ1v) is 10.9. The maximum Gasteiger partial charge on any atom is 0.231 e. The van der Waals surface area contributed by atoms with E-state index in [0.29, 0.717) is 30.6 Å². The second-order valence-corrected chi connectivity index (χ2v) is 8.40. The van der Waals surface area contributed by atoms with Gasteiger partial charge in [-0.3, -0.25) is 4.79 Å². The second kappa shape index (κ2) is 9.33. The summed E-state index contributed by atoms with van der Waals surface area (Å²) in [7, 11) is 1.63. The number of ether oxygens (including phenoxy) is 1. The summed E-state index contributed by atoms with van der Waals surface area (Å²) in [5, 5.41) is 4.19. The van der Waals surface area contributed by atoms with Gasteiger partial charge in [0.2, 0.25) is 17.6 Å². The van der Waals surface area contributed by atoms with Crippen LogP contribution < -0.4 is 4.74 Å². The molecule has 1 saturated heterocycles. The molecule has 1 atom stereocenters. The summed E-state index contributed by atoms with van der Waals surface area (Å²) in [6.07, 6.45) is 2.18. The SMILES string of the molecule is COc1ccccc1CC(=O)N1CCC[C@@H](c2nc(-c3ccc(C(C)C)cc3)no2)C1. The highest BCUT2D eigenvalue weighted by molar-refractivity contribution is 5.79. The largest absolute Gasteiger partial charge is 0.496 e. The number of para-hydroxylation sites is 1. The molecule has 162 valence electrons. The fraction of sp³-hybridized carbons (Fsp3) is 0.400. The Labute approximate surface area is 183 Å². The van der Waals surface area contributed by atoms with Gasteiger partial charge in [0, 0.05) is 24.2 Å². The van der Waals surface area contributed by atoms with E-state index in [2.05, 4.69) is 36.1 Å². The number of piperidine rings is 1. The van der Waals surface area contributed by atoms with Crippen molar-refractivity contribution in [1.29, 1.82) is 0 Å². The third-order valence-electron chi connectivity index (χ3n) is 5.93. The van der Waals surface area contributed by atoms with Gasteiger partial charge in [-0.2, -0.15) is 4.98 Å². The van der Waals surface area contributed by atoms with Crippen molar-refractivity contribution in [3.63, 3.8) is 0 Å². The number of carbonyl (C=O) groups excluding carboxylic acids is 1. The molecule has 1 aromatic heterocycles. The Morgan fingerprint density at radius 1 is 1.19 bits per heavy atom. The average molecular weight is 420 g/mol. The van der Waals surface area contributed by atoms with Crippen LogP contribution in [0.5, 0.6) is 5.75 Å². The van der Waals surface area contributed by atoms with Crippen molar-refractivity contribution in [1.82, 2.24) is 15.0 Å². The molecular formula is C25H29N3O3. The van der Waals surface area contributed by atoms with E-state index in [1.54, 1.807) is 7.11 Å². The number of methoxy groups -OCH3 is 1. The van der Waals surface area contributed by atoms with Crippen molar-refractivity contribution in [2.24, 2.45) is 0 Å². The van der Waals surface area contributed by atoms with Gasteiger partial charge in [0.05, 0.1) is 19.4 Å². The minimum atomic E-state index is 0.0616. The summed E-state index contributed by atoms with van der Waals surface area (Å²) in [4.78, 5) is 19.5. The molecule has 6 nitrogen and oxygen atoms in total. The van der Waals surface area contributed by atoms with E-state index in [4.69, 9.17) is 9.26 Å². The Bertz CT molecular complexity index is 1030. The van der Waals surface area contributed by atoms with Crippen LogP contribution in [0.25, 0.3) is 11.4 Å². The first-order valence-electron chi connectivity index (χ1n) is 10.9. The summed E-state index contributed by atoms with van der Waals surface area (Å²) < 4.78 is 11.0. The topological polar surface area (TPSA) is 68.5 Å². The summed E-state index contributed by atoms with van der Waals surface area (Å²) in [6, 6.07) is 15.9. The lowest BCUT2D eigenvalue weighted by Gasteiger charge is -2.31. The molecule has 0 saturated carbocycles. The van der Waals surface area contributed by atoms with Crippen molar-refractivity contribution in [3.8, 4) is 17.1 Å². The van der Waals surface area contributed by atoms with Gasteiger partial charge in [-0.25, -0.2) is 0 Å². The van der Waals surface area contributed by atoms with Crippen LogP contribution in [0.1, 0.15) is 55.5 Å². The zero-order chi connectivity index (χ0) is 21.8. The Balaban J connectivity index is 1.43. The van der Waals surface area contributed by atoms with E-state index in [9.17, 15) is 4.79 Å². The Morgan fingerprint density at radius 3 is 2.71 bits per heavy atom. The lowest BCUT2D eigenvalue weighted by Crippen LogP contribution is -2.40. The minimum absolute atomic E-state index is 0.0616. The number of benzene rings is 2. The molecule has 0 unspecified atom stereocenters. The van der Waals surface area contributed by atoms with Gasteiger partial charge >= 0.3 is 0 Å². The number of rotatable bonds is 6. The Hall–Kier alpha value is -3.15. The van der Waals surface area contributed by atoms with Crippen molar-refractivity contribution >= 4 is 5.91 Å². The third-order valence-corrected chi connectivity index (χ3v) is 5.93. The number of aromatic nitrogens is 2. The second-order valence-electron chi connectivity index (χ2n) is 8.40. The number of nitrogens with zero attached hydrogens (tertiary/aromatic N) is 3. The molecule has 0 spiro atoms. The average Bonchev–Trinajstić information content (AvgIpc) is 3.30. The van der Waals surface area contributed by atoms with Crippen molar-refractivity contribution in [2.75, 3.05) is 20.2 Å². The number of hydrogen-bond acceptors (Lipinski definition) is 5. The first-order chi connectivity index (χ1) is 15.0. The van der Waals surface area contributed by atoms with Gasteiger partial charge in [0.15, 0.2) is 0 Å². The van der Waals surface area contributed by atoms with Crippen LogP contribution >= 0.6 is 0 Å². The third kappa shape index (κ3) is 4.79. The molecule has 0 radical (unpaired) electrons. The molecule has 0 N–H and O–H groups in total. The van der Waals surface area contributed by atoms with E-state index in [1.807, 2.05) is 41.3 Å². The van der Waals surface area contributed by atoms with Gasteiger partial charge in [-0.05, 0) is 30.4 Å². The summed E-state index contributed by atoms with van der Waals surface area (Å²) >= 11 is 0. The van der Waals surface area contributed by atoms with Gasteiger partial charge in [-0.15, -0.1) is 0 Å². The van der Waals surface area contributed by atoms with E-state index in [0.717, 1.165) is 36.3 Å². The van der Waals surface area contributed by atoms with Gasteiger partial charge in [0.1, 0.15) is 5.75 Å². The molecular weight excluding hydrogens is 390 g/mol. The predicted octanol–water partition coefficient (Wildman–Crippen LogP) is 4.82. The zero-order valence-electron chi connectivity index (χ0n) is 18.4. The maximum atomic E-state index is 12.9. The van der Waals surface area contributed by atoms with Crippen molar-refractivity contribution < 1.29 is 14.1 Å². The van der Waals surface area contributed by atoms with Crippen LogP contribution in [0.3, 0.4) is 0 Å². The van der Waals surface area contributed by atoms with Crippen LogP contribution in [0, 0.1) is 0 Å². The number of carbonyl (C=O) groups is 1. The fourth-order valence-electron chi connectivity index (χ4n) is 4.06. The summed E-state index contributed by atoms with van der Waals surface area (Å²) in [6.45, 7) is 5.70. The molecule has 0 aliphatic carbocycles. The molecule has 2 heterocycles. The van der Waals surface area contributed by atoms with E-state index in [-0.39, 0.29) is 11.8 Å². The molecule has 1 amide bonds. The van der Waals surface area contributed by atoms with Gasteiger partial charge in [0.25, 0.3) is 0 Å². The molecule has 4 rings (SSSR count). The molecule has 31 heavy (non-hydrogen) atoms. The molecule has 0 bridgehead atoms. The zero-order valence-corrected chi connectivity index (χ0v) is 18.4. The first kappa shape index (κ1) is 21.1. The molecule has 6 heteroatoms. The molecule has 1 fully saturated rings. The summed E-state index contributed by atoms with van der Waals surface area (Å²) in [5.74, 6) is 2.59. The van der Waals surface area contributed by atoms with Crippen LogP contribution in [0.2, 0.25) is 0 Å². The molecule has 1 aliphatic rings. The highest BCUT2D eigenvalue weighted by atomic mass is 16.5. The van der Waals surface area contributed by atoms with Crippen LogP contribution in [-0.2, 0) is 11.2 Å². The monoisotopic (exact) mass is 419 g/mol. The normalized spacial score (nSPS) is 16.5. The van der Waals surface area contributed by atoms with E-state index in [1.165, 1.54) is 5.56 Å². The fourth-order valence-corrected chi connectivity index (χ4v) is 4.06. The highest BCUT2D eigenvalue weighted by Gasteiger charge is 2.29. The summed E-state index contributed by atoms with van der Waals surface area (Å²) in [5.41, 5.74) is 3.13. The molecule has 3 aromatic rings. The predicted molar refractivity (Wildman–Crippen MR) is 119 cm³/mol. The van der Waals surface area contributed by atoms with E-state index >= 15 is 0 Å². The van der Waals surface area contributed by atoms with Crippen LogP contribution in [0.4, 0.5) is 0 Å². The van der Waals surface area contributed by atoms with Crippen molar-refractivity contribution in [3.05, 3.63) is 65.5 Å². The standard InChI is InChI=1S/C25H29N3O3/c1-17(2)18-10-12-19(13-11-18)24-26-25(31-27-24)21-8-6-14-28(16-21)23(29)15-20-7-4-5-9-22(20)30-3/h4-5,7,9-13,17,21H,6,8,14-16H2,1-3H3/t21-/m1/s1. The quantitative estimate of drug-likeness (QED) is 0.573. The molecule has 1 aliphatic heterocycles. The minimum Gasteiger partial charge on any atom is -0.496 e.